The van der Waals surface area contributed by atoms with Gasteiger partial charge in [0.15, 0.2) is 17.1 Å². The van der Waals surface area contributed by atoms with E-state index >= 15 is 0 Å². The SMILES string of the molecule is COc1ccc(NC(=O)Cn2c(=O)oc3cc(Cl)ccc32)cc1OC. The van der Waals surface area contributed by atoms with Gasteiger partial charge in [-0.3, -0.25) is 9.36 Å². The maximum absolute atomic E-state index is 12.3. The van der Waals surface area contributed by atoms with E-state index < -0.39 is 5.76 Å². The third kappa shape index (κ3) is 3.46. The number of halogens is 1. The van der Waals surface area contributed by atoms with Crippen LogP contribution in [0.4, 0.5) is 5.69 Å². The molecule has 0 bridgehead atoms. The smallest absolute Gasteiger partial charge is 0.420 e. The van der Waals surface area contributed by atoms with Crippen molar-refractivity contribution in [1.82, 2.24) is 4.57 Å². The summed E-state index contributed by atoms with van der Waals surface area (Å²) in [4.78, 5) is 24.2. The van der Waals surface area contributed by atoms with Gasteiger partial charge in [0, 0.05) is 22.8 Å². The second-order valence-electron chi connectivity index (χ2n) is 5.18. The highest BCUT2D eigenvalue weighted by molar-refractivity contribution is 6.31. The number of carbonyl (C=O) groups is 1. The van der Waals surface area contributed by atoms with Crippen molar-refractivity contribution >= 4 is 34.3 Å². The average Bonchev–Trinajstić information content (AvgIpc) is 2.89. The number of oxazole rings is 1. The summed E-state index contributed by atoms with van der Waals surface area (Å²) in [6.07, 6.45) is 0. The third-order valence-corrected chi connectivity index (χ3v) is 3.83. The number of rotatable bonds is 5. The van der Waals surface area contributed by atoms with Crippen LogP contribution in [0.15, 0.2) is 45.6 Å². The number of fused-ring (bicyclic) bond motifs is 1. The van der Waals surface area contributed by atoms with Gasteiger partial charge in [-0.2, -0.15) is 0 Å². The molecule has 0 saturated carbocycles. The fourth-order valence-electron chi connectivity index (χ4n) is 2.45. The van der Waals surface area contributed by atoms with Crippen molar-refractivity contribution in [2.24, 2.45) is 0 Å². The van der Waals surface area contributed by atoms with Crippen LogP contribution in [0.5, 0.6) is 11.5 Å². The highest BCUT2D eigenvalue weighted by atomic mass is 35.5. The molecule has 0 aliphatic heterocycles. The molecule has 3 aromatic rings. The van der Waals surface area contributed by atoms with E-state index in [1.807, 2.05) is 0 Å². The van der Waals surface area contributed by atoms with Crippen molar-refractivity contribution < 1.29 is 18.7 Å². The quantitative estimate of drug-likeness (QED) is 0.754. The molecule has 7 nitrogen and oxygen atoms in total. The number of hydrogen-bond donors (Lipinski definition) is 1. The highest BCUT2D eigenvalue weighted by Gasteiger charge is 2.14. The number of amides is 1. The maximum atomic E-state index is 12.3. The number of carbonyl (C=O) groups excluding carboxylic acids is 1. The highest BCUT2D eigenvalue weighted by Crippen LogP contribution is 2.29. The molecule has 25 heavy (non-hydrogen) atoms. The minimum atomic E-state index is -0.625. The summed E-state index contributed by atoms with van der Waals surface area (Å²) in [5.74, 6) is 0.0296. The number of hydrogen-bond acceptors (Lipinski definition) is 5. The van der Waals surface area contributed by atoms with E-state index in [2.05, 4.69) is 5.32 Å². The van der Waals surface area contributed by atoms with Crippen LogP contribution in [0.3, 0.4) is 0 Å². The Morgan fingerprint density at radius 1 is 1.16 bits per heavy atom. The lowest BCUT2D eigenvalue weighted by Gasteiger charge is -2.10. The van der Waals surface area contributed by atoms with Crippen molar-refractivity contribution in [2.75, 3.05) is 19.5 Å². The van der Waals surface area contributed by atoms with Gasteiger partial charge >= 0.3 is 5.76 Å². The molecular formula is C17H15ClN2O5. The molecule has 2 aromatic carbocycles. The molecule has 1 aromatic heterocycles. The van der Waals surface area contributed by atoms with E-state index in [-0.39, 0.29) is 12.5 Å². The Bertz CT molecular complexity index is 992. The molecule has 0 aliphatic rings. The number of nitrogens with zero attached hydrogens (tertiary/aromatic N) is 1. The number of aromatic nitrogens is 1. The van der Waals surface area contributed by atoms with E-state index in [9.17, 15) is 9.59 Å². The van der Waals surface area contributed by atoms with E-state index in [0.717, 1.165) is 0 Å². The molecule has 0 atom stereocenters. The van der Waals surface area contributed by atoms with Crippen LogP contribution >= 0.6 is 11.6 Å². The Kier molecular flexibility index (Phi) is 4.67. The second kappa shape index (κ2) is 6.90. The Morgan fingerprint density at radius 3 is 2.64 bits per heavy atom. The van der Waals surface area contributed by atoms with Gasteiger partial charge in [0.05, 0.1) is 19.7 Å². The zero-order chi connectivity index (χ0) is 18.0. The lowest BCUT2D eigenvalue weighted by atomic mass is 10.2. The van der Waals surface area contributed by atoms with E-state index in [1.54, 1.807) is 30.3 Å². The minimum Gasteiger partial charge on any atom is -0.493 e. The van der Waals surface area contributed by atoms with E-state index in [4.69, 9.17) is 25.5 Å². The number of ether oxygens (including phenoxy) is 2. The molecule has 3 rings (SSSR count). The number of benzene rings is 2. The first-order valence-electron chi connectivity index (χ1n) is 7.32. The molecule has 0 radical (unpaired) electrons. The molecule has 1 N–H and O–H groups in total. The lowest BCUT2D eigenvalue weighted by molar-refractivity contribution is -0.116. The number of methoxy groups -OCH3 is 2. The summed E-state index contributed by atoms with van der Waals surface area (Å²) >= 11 is 5.87. The predicted molar refractivity (Wildman–Crippen MR) is 93.7 cm³/mol. The summed E-state index contributed by atoms with van der Waals surface area (Å²) < 4.78 is 16.7. The largest absolute Gasteiger partial charge is 0.493 e. The zero-order valence-electron chi connectivity index (χ0n) is 13.5. The van der Waals surface area contributed by atoms with Crippen molar-refractivity contribution in [3.8, 4) is 11.5 Å². The van der Waals surface area contributed by atoms with Gasteiger partial charge in [-0.25, -0.2) is 4.79 Å². The van der Waals surface area contributed by atoms with Gasteiger partial charge in [-0.15, -0.1) is 0 Å². The monoisotopic (exact) mass is 362 g/mol. The van der Waals surface area contributed by atoms with Crippen molar-refractivity contribution in [3.63, 3.8) is 0 Å². The normalized spacial score (nSPS) is 10.7. The van der Waals surface area contributed by atoms with Crippen LogP contribution in [0.25, 0.3) is 11.1 Å². The maximum Gasteiger partial charge on any atom is 0.420 e. The molecule has 0 fully saturated rings. The molecule has 0 spiro atoms. The topological polar surface area (TPSA) is 82.7 Å². The summed E-state index contributed by atoms with van der Waals surface area (Å²) in [5, 5.41) is 3.15. The fourth-order valence-corrected chi connectivity index (χ4v) is 2.61. The van der Waals surface area contributed by atoms with E-state index in [0.29, 0.717) is 33.3 Å². The van der Waals surface area contributed by atoms with Gasteiger partial charge in [-0.05, 0) is 24.3 Å². The van der Waals surface area contributed by atoms with Gasteiger partial charge in [-0.1, -0.05) is 11.6 Å². The average molecular weight is 363 g/mol. The molecule has 0 aliphatic carbocycles. The lowest BCUT2D eigenvalue weighted by Crippen LogP contribution is -2.24. The van der Waals surface area contributed by atoms with Gasteiger partial charge < -0.3 is 19.2 Å². The third-order valence-electron chi connectivity index (χ3n) is 3.60. The molecule has 1 heterocycles. The summed E-state index contributed by atoms with van der Waals surface area (Å²) in [6, 6.07) is 9.77. The first-order chi connectivity index (χ1) is 12.0. The minimum absolute atomic E-state index is 0.193. The van der Waals surface area contributed by atoms with Crippen LogP contribution in [0, 0.1) is 0 Å². The van der Waals surface area contributed by atoms with E-state index in [1.165, 1.54) is 24.9 Å². The second-order valence-corrected chi connectivity index (χ2v) is 5.62. The van der Waals surface area contributed by atoms with Crippen molar-refractivity contribution in [1.29, 1.82) is 0 Å². The number of nitrogens with one attached hydrogen (secondary N) is 1. The standard InChI is InChI=1S/C17H15ClN2O5/c1-23-13-6-4-11(8-15(13)24-2)19-16(21)9-20-12-5-3-10(18)7-14(12)25-17(20)22/h3-8H,9H2,1-2H3,(H,19,21). The fraction of sp³-hybridized carbons (Fsp3) is 0.176. The van der Waals surface area contributed by atoms with Gasteiger partial charge in [0.1, 0.15) is 6.54 Å². The Labute approximate surface area is 147 Å². The molecule has 0 saturated heterocycles. The molecule has 0 unspecified atom stereocenters. The van der Waals surface area contributed by atoms with Crippen LogP contribution in [-0.4, -0.2) is 24.7 Å². The number of anilines is 1. The van der Waals surface area contributed by atoms with Crippen molar-refractivity contribution in [3.05, 3.63) is 52.0 Å². The van der Waals surface area contributed by atoms with Crippen LogP contribution < -0.4 is 20.5 Å². The first-order valence-corrected chi connectivity index (χ1v) is 7.70. The summed E-state index contributed by atoms with van der Waals surface area (Å²) in [6.45, 7) is -0.193. The summed E-state index contributed by atoms with van der Waals surface area (Å²) in [5.41, 5.74) is 1.35. The zero-order valence-corrected chi connectivity index (χ0v) is 14.3. The van der Waals surface area contributed by atoms with Crippen molar-refractivity contribution in [2.45, 2.75) is 6.54 Å². The van der Waals surface area contributed by atoms with Crippen LogP contribution in [0.2, 0.25) is 5.02 Å². The van der Waals surface area contributed by atoms with Gasteiger partial charge in [0.25, 0.3) is 0 Å². The summed E-state index contributed by atoms with van der Waals surface area (Å²) in [7, 11) is 3.03. The Balaban J connectivity index is 1.82. The Hall–Kier alpha value is -2.93. The molecule has 1 amide bonds. The molecule has 130 valence electrons. The van der Waals surface area contributed by atoms with Crippen LogP contribution in [-0.2, 0) is 11.3 Å². The first kappa shape index (κ1) is 16.9. The molecular weight excluding hydrogens is 348 g/mol. The molecule has 8 heteroatoms. The van der Waals surface area contributed by atoms with Gasteiger partial charge in [0.2, 0.25) is 5.91 Å². The Morgan fingerprint density at radius 2 is 1.92 bits per heavy atom. The van der Waals surface area contributed by atoms with Crippen LogP contribution in [0.1, 0.15) is 0 Å². The predicted octanol–water partition coefficient (Wildman–Crippen LogP) is 2.90.